The van der Waals surface area contributed by atoms with E-state index in [-0.39, 0.29) is 6.10 Å². The van der Waals surface area contributed by atoms with Crippen molar-refractivity contribution in [2.45, 2.75) is 63.9 Å². The second-order valence-electron chi connectivity index (χ2n) is 6.27. The maximum atomic E-state index is 6.09. The predicted octanol–water partition coefficient (Wildman–Crippen LogP) is 3.24. The number of rotatable bonds is 5. The van der Waals surface area contributed by atoms with Crippen LogP contribution >= 0.6 is 0 Å². The van der Waals surface area contributed by atoms with Gasteiger partial charge in [-0.15, -0.1) is 0 Å². The Labute approximate surface area is 128 Å². The fraction of sp³-hybridized carbons (Fsp3) is 0.667. The Morgan fingerprint density at radius 3 is 2.90 bits per heavy atom. The molecule has 21 heavy (non-hydrogen) atoms. The van der Waals surface area contributed by atoms with Gasteiger partial charge in [-0.2, -0.15) is 0 Å². The van der Waals surface area contributed by atoms with Crippen LogP contribution in [0.25, 0.3) is 0 Å². The molecule has 2 heterocycles. The van der Waals surface area contributed by atoms with Gasteiger partial charge in [0.1, 0.15) is 0 Å². The molecule has 3 nitrogen and oxygen atoms in total. The Kier molecular flexibility index (Phi) is 4.94. The molecule has 0 radical (unpaired) electrons. The summed E-state index contributed by atoms with van der Waals surface area (Å²) in [5, 5.41) is 3.62. The largest absolute Gasteiger partial charge is 0.374 e. The number of benzene rings is 1. The maximum absolute atomic E-state index is 6.09. The van der Waals surface area contributed by atoms with Crippen molar-refractivity contribution >= 4 is 0 Å². The first-order chi connectivity index (χ1) is 10.3. The molecule has 2 aliphatic rings. The summed E-state index contributed by atoms with van der Waals surface area (Å²) in [6.45, 7) is 6.16. The highest BCUT2D eigenvalue weighted by Crippen LogP contribution is 2.33. The normalized spacial score (nSPS) is 30.1. The first-order valence-corrected chi connectivity index (χ1v) is 8.36. The van der Waals surface area contributed by atoms with E-state index in [9.17, 15) is 0 Å². The number of fused-ring (bicyclic) bond motifs is 1. The lowest BCUT2D eigenvalue weighted by molar-refractivity contribution is -0.00805. The van der Waals surface area contributed by atoms with Crippen LogP contribution in [0.4, 0.5) is 0 Å². The second kappa shape index (κ2) is 6.91. The Morgan fingerprint density at radius 2 is 2.14 bits per heavy atom. The third kappa shape index (κ3) is 3.47. The van der Waals surface area contributed by atoms with Gasteiger partial charge in [0, 0.05) is 6.04 Å². The van der Waals surface area contributed by atoms with E-state index in [4.69, 9.17) is 9.47 Å². The Morgan fingerprint density at radius 1 is 1.29 bits per heavy atom. The van der Waals surface area contributed by atoms with Crippen molar-refractivity contribution < 1.29 is 9.47 Å². The lowest BCUT2D eigenvalue weighted by atomic mass is 9.91. The summed E-state index contributed by atoms with van der Waals surface area (Å²) in [5.41, 5.74) is 2.82. The average molecular weight is 289 g/mol. The minimum atomic E-state index is 0.207. The summed E-state index contributed by atoms with van der Waals surface area (Å²) in [4.78, 5) is 0. The van der Waals surface area contributed by atoms with Crippen molar-refractivity contribution in [3.05, 3.63) is 35.4 Å². The molecule has 1 N–H and O–H groups in total. The van der Waals surface area contributed by atoms with Crippen molar-refractivity contribution in [1.29, 1.82) is 0 Å². The number of likely N-dealkylation sites (N-methyl/N-ethyl adjacent to an activating group) is 1. The van der Waals surface area contributed by atoms with E-state index < -0.39 is 0 Å². The molecule has 3 rings (SSSR count). The van der Waals surface area contributed by atoms with Crippen molar-refractivity contribution in [2.24, 2.45) is 0 Å². The van der Waals surface area contributed by atoms with Crippen molar-refractivity contribution in [1.82, 2.24) is 5.32 Å². The van der Waals surface area contributed by atoms with Gasteiger partial charge in [-0.1, -0.05) is 31.2 Å². The molecule has 0 aliphatic carbocycles. The van der Waals surface area contributed by atoms with Crippen LogP contribution in [0, 0.1) is 0 Å². The molecule has 0 aromatic heterocycles. The first kappa shape index (κ1) is 15.0. The van der Waals surface area contributed by atoms with Gasteiger partial charge in [0.15, 0.2) is 0 Å². The quantitative estimate of drug-likeness (QED) is 0.902. The molecule has 0 bridgehead atoms. The Balaban J connectivity index is 1.71. The van der Waals surface area contributed by atoms with Crippen LogP contribution in [0.1, 0.15) is 50.3 Å². The van der Waals surface area contributed by atoms with E-state index in [1.807, 2.05) is 0 Å². The molecular weight excluding hydrogens is 262 g/mol. The van der Waals surface area contributed by atoms with Crippen LogP contribution < -0.4 is 5.32 Å². The van der Waals surface area contributed by atoms with E-state index in [0.29, 0.717) is 18.2 Å². The van der Waals surface area contributed by atoms with E-state index in [1.54, 1.807) is 0 Å². The van der Waals surface area contributed by atoms with Crippen molar-refractivity contribution in [3.63, 3.8) is 0 Å². The third-order valence-electron chi connectivity index (χ3n) is 4.74. The monoisotopic (exact) mass is 289 g/mol. The zero-order valence-electron chi connectivity index (χ0n) is 13.2. The molecule has 4 atom stereocenters. The number of ether oxygens (including phenoxy) is 2. The maximum Gasteiger partial charge on any atom is 0.0843 e. The highest BCUT2D eigenvalue weighted by Gasteiger charge is 2.32. The van der Waals surface area contributed by atoms with Gasteiger partial charge in [-0.3, -0.25) is 0 Å². The Bertz CT molecular complexity index is 462. The summed E-state index contributed by atoms with van der Waals surface area (Å²) in [7, 11) is 0. The number of hydrogen-bond donors (Lipinski definition) is 1. The van der Waals surface area contributed by atoms with Crippen LogP contribution in [0.3, 0.4) is 0 Å². The number of nitrogens with one attached hydrogen (secondary N) is 1. The van der Waals surface area contributed by atoms with Crippen LogP contribution in [-0.2, 0) is 15.9 Å². The molecule has 0 spiro atoms. The molecular formula is C18H27NO2. The van der Waals surface area contributed by atoms with Crippen LogP contribution in [0.5, 0.6) is 0 Å². The van der Waals surface area contributed by atoms with Gasteiger partial charge in [0.25, 0.3) is 0 Å². The lowest BCUT2D eigenvalue weighted by Crippen LogP contribution is -2.41. The highest BCUT2D eigenvalue weighted by atomic mass is 16.5. The summed E-state index contributed by atoms with van der Waals surface area (Å²) >= 11 is 0. The molecule has 4 unspecified atom stereocenters. The summed E-state index contributed by atoms with van der Waals surface area (Å²) in [5.74, 6) is 0. The van der Waals surface area contributed by atoms with E-state index in [1.165, 1.54) is 17.5 Å². The molecule has 0 saturated carbocycles. The lowest BCUT2D eigenvalue weighted by Gasteiger charge is -2.32. The van der Waals surface area contributed by atoms with E-state index in [0.717, 1.165) is 32.4 Å². The van der Waals surface area contributed by atoms with Crippen LogP contribution in [0.2, 0.25) is 0 Å². The predicted molar refractivity (Wildman–Crippen MR) is 84.5 cm³/mol. The van der Waals surface area contributed by atoms with Gasteiger partial charge < -0.3 is 14.8 Å². The molecule has 1 fully saturated rings. The molecule has 3 heteroatoms. The third-order valence-corrected chi connectivity index (χ3v) is 4.74. The van der Waals surface area contributed by atoms with Crippen molar-refractivity contribution in [2.75, 3.05) is 13.2 Å². The molecule has 2 aliphatic heterocycles. The second-order valence-corrected chi connectivity index (χ2v) is 6.27. The zero-order valence-corrected chi connectivity index (χ0v) is 13.2. The molecule has 1 saturated heterocycles. The van der Waals surface area contributed by atoms with E-state index >= 15 is 0 Å². The molecule has 1 aromatic carbocycles. The van der Waals surface area contributed by atoms with Crippen LogP contribution in [-0.4, -0.2) is 31.4 Å². The average Bonchev–Trinajstić information content (AvgIpc) is 2.94. The van der Waals surface area contributed by atoms with Crippen LogP contribution in [0.15, 0.2) is 24.3 Å². The van der Waals surface area contributed by atoms with Gasteiger partial charge in [0.05, 0.1) is 24.9 Å². The minimum Gasteiger partial charge on any atom is -0.374 e. The van der Waals surface area contributed by atoms with Gasteiger partial charge in [-0.05, 0) is 50.3 Å². The van der Waals surface area contributed by atoms with Gasteiger partial charge in [0.2, 0.25) is 0 Å². The fourth-order valence-electron chi connectivity index (χ4n) is 3.66. The minimum absolute atomic E-state index is 0.207. The zero-order chi connectivity index (χ0) is 14.7. The van der Waals surface area contributed by atoms with Crippen molar-refractivity contribution in [3.8, 4) is 0 Å². The molecule has 0 amide bonds. The SMILES string of the molecule is CCNC(CC1OCCc2ccccc21)C1CCC(C)O1. The summed E-state index contributed by atoms with van der Waals surface area (Å²) in [6.07, 6.45) is 5.31. The standard InChI is InChI=1S/C18H27NO2/c1-3-19-16(17-9-8-13(2)21-17)12-18-15-7-5-4-6-14(15)10-11-20-18/h4-7,13,16-19H,3,8-12H2,1-2H3. The first-order valence-electron chi connectivity index (χ1n) is 8.36. The van der Waals surface area contributed by atoms with Gasteiger partial charge >= 0.3 is 0 Å². The smallest absolute Gasteiger partial charge is 0.0843 e. The Hall–Kier alpha value is -0.900. The highest BCUT2D eigenvalue weighted by molar-refractivity contribution is 5.31. The topological polar surface area (TPSA) is 30.5 Å². The number of hydrogen-bond acceptors (Lipinski definition) is 3. The molecule has 1 aromatic rings. The summed E-state index contributed by atoms with van der Waals surface area (Å²) in [6, 6.07) is 9.10. The fourth-order valence-corrected chi connectivity index (χ4v) is 3.66. The van der Waals surface area contributed by atoms with Gasteiger partial charge in [-0.25, -0.2) is 0 Å². The van der Waals surface area contributed by atoms with E-state index in [2.05, 4.69) is 43.4 Å². The summed E-state index contributed by atoms with van der Waals surface area (Å²) < 4.78 is 12.2. The molecule has 116 valence electrons.